The third kappa shape index (κ3) is 5.24. The number of nitrogens with one attached hydrogen (secondary N) is 1. The Kier molecular flexibility index (Phi) is 7.13. The molecule has 0 spiro atoms. The maximum atomic E-state index is 13.0. The van der Waals surface area contributed by atoms with Gasteiger partial charge in [-0.1, -0.05) is 23.4 Å². The summed E-state index contributed by atoms with van der Waals surface area (Å²) in [6.45, 7) is 5.14. The number of nitrogens with zero attached hydrogens (tertiary/aromatic N) is 3. The van der Waals surface area contributed by atoms with Crippen LogP contribution in [-0.2, 0) is 15.7 Å². The first-order valence-electron chi connectivity index (χ1n) is 7.87. The van der Waals surface area contributed by atoms with Crippen LogP contribution in [0.15, 0.2) is 17.4 Å². The number of amides is 1. The normalized spacial score (nSPS) is 13.2. The Morgan fingerprint density at radius 2 is 2.19 bits per heavy atom. The topological polar surface area (TPSA) is 68.5 Å². The van der Waals surface area contributed by atoms with E-state index in [1.165, 1.54) is 0 Å². The molecule has 0 bridgehead atoms. The number of hydrogen-bond donors (Lipinski definition) is 1. The number of thioether (sulfide) groups is 1. The Labute approximate surface area is 157 Å². The van der Waals surface area contributed by atoms with Crippen LogP contribution in [0.2, 0.25) is 5.02 Å². The molecule has 2 heterocycles. The van der Waals surface area contributed by atoms with E-state index in [1.54, 1.807) is 6.92 Å². The van der Waals surface area contributed by atoms with Crippen molar-refractivity contribution < 1.29 is 22.7 Å². The molecular formula is C15H18ClF3N4O2S. The summed E-state index contributed by atoms with van der Waals surface area (Å²) in [5.74, 6) is -0.249. The first kappa shape index (κ1) is 20.8. The van der Waals surface area contributed by atoms with Gasteiger partial charge in [0, 0.05) is 26.0 Å². The standard InChI is InChI=1S/C15H18ClF3N4O2S/c1-3-25-6-4-5-20-13(24)9(2)26-14-22-21-12-11(16)7-10(8-23(12)14)15(17,18)19/h7-9H,3-6H2,1-2H3,(H,20,24). The van der Waals surface area contributed by atoms with Gasteiger partial charge < -0.3 is 10.1 Å². The van der Waals surface area contributed by atoms with Gasteiger partial charge in [-0.15, -0.1) is 10.2 Å². The van der Waals surface area contributed by atoms with Gasteiger partial charge in [0.05, 0.1) is 15.8 Å². The highest BCUT2D eigenvalue weighted by Crippen LogP contribution is 2.33. The molecule has 0 saturated carbocycles. The van der Waals surface area contributed by atoms with E-state index in [2.05, 4.69) is 15.5 Å². The van der Waals surface area contributed by atoms with E-state index in [0.29, 0.717) is 26.2 Å². The smallest absolute Gasteiger partial charge is 0.382 e. The molecule has 26 heavy (non-hydrogen) atoms. The Morgan fingerprint density at radius 1 is 1.46 bits per heavy atom. The number of carbonyl (C=O) groups excluding carboxylic acids is 1. The van der Waals surface area contributed by atoms with Crippen LogP contribution in [0.1, 0.15) is 25.8 Å². The molecular weight excluding hydrogens is 393 g/mol. The summed E-state index contributed by atoms with van der Waals surface area (Å²) < 4.78 is 45.2. The fourth-order valence-electron chi connectivity index (χ4n) is 2.05. The van der Waals surface area contributed by atoms with E-state index in [0.717, 1.165) is 28.4 Å². The van der Waals surface area contributed by atoms with Crippen molar-refractivity contribution in [2.45, 2.75) is 36.9 Å². The van der Waals surface area contributed by atoms with Gasteiger partial charge in [-0.25, -0.2) is 0 Å². The van der Waals surface area contributed by atoms with Gasteiger partial charge in [-0.05, 0) is 26.3 Å². The number of pyridine rings is 1. The number of carbonyl (C=O) groups is 1. The quantitative estimate of drug-likeness (QED) is 0.533. The Morgan fingerprint density at radius 3 is 2.85 bits per heavy atom. The summed E-state index contributed by atoms with van der Waals surface area (Å²) in [6.07, 6.45) is -3.00. The lowest BCUT2D eigenvalue weighted by Gasteiger charge is -2.12. The SMILES string of the molecule is CCOCCCNC(=O)C(C)Sc1nnc2c(Cl)cc(C(F)(F)F)cn12. The predicted molar refractivity (Wildman–Crippen MR) is 92.4 cm³/mol. The second kappa shape index (κ2) is 8.92. The van der Waals surface area contributed by atoms with E-state index in [9.17, 15) is 18.0 Å². The molecule has 0 aliphatic heterocycles. The first-order chi connectivity index (χ1) is 12.2. The largest absolute Gasteiger partial charge is 0.417 e. The zero-order valence-electron chi connectivity index (χ0n) is 14.1. The molecule has 0 aromatic carbocycles. The first-order valence-corrected chi connectivity index (χ1v) is 9.13. The highest BCUT2D eigenvalue weighted by atomic mass is 35.5. The minimum Gasteiger partial charge on any atom is -0.382 e. The van der Waals surface area contributed by atoms with Crippen LogP contribution in [0.3, 0.4) is 0 Å². The third-order valence-electron chi connectivity index (χ3n) is 3.38. The number of rotatable bonds is 8. The Bertz CT molecular complexity index is 769. The van der Waals surface area contributed by atoms with Gasteiger partial charge in [0.2, 0.25) is 5.91 Å². The minimum atomic E-state index is -4.55. The maximum absolute atomic E-state index is 13.0. The lowest BCUT2D eigenvalue weighted by atomic mass is 10.3. The molecule has 1 N–H and O–H groups in total. The third-order valence-corrected chi connectivity index (χ3v) is 4.71. The number of halogens is 4. The molecule has 2 aromatic heterocycles. The highest BCUT2D eigenvalue weighted by Gasteiger charge is 2.32. The number of alkyl halides is 3. The number of ether oxygens (including phenoxy) is 1. The van der Waals surface area contributed by atoms with Crippen LogP contribution in [0.25, 0.3) is 5.65 Å². The summed E-state index contributed by atoms with van der Waals surface area (Å²) in [4.78, 5) is 12.1. The molecule has 2 aromatic rings. The van der Waals surface area contributed by atoms with Crippen molar-refractivity contribution in [3.63, 3.8) is 0 Å². The van der Waals surface area contributed by atoms with E-state index in [4.69, 9.17) is 16.3 Å². The molecule has 1 atom stereocenters. The molecule has 1 unspecified atom stereocenters. The average Bonchev–Trinajstić information content (AvgIpc) is 2.97. The molecule has 0 aliphatic carbocycles. The molecule has 0 radical (unpaired) electrons. The summed E-state index contributed by atoms with van der Waals surface area (Å²) in [5, 5.41) is 9.82. The van der Waals surface area contributed by atoms with Gasteiger partial charge >= 0.3 is 6.18 Å². The second-order valence-electron chi connectivity index (χ2n) is 5.35. The number of fused-ring (bicyclic) bond motifs is 1. The molecule has 1 amide bonds. The van der Waals surface area contributed by atoms with E-state index < -0.39 is 17.0 Å². The van der Waals surface area contributed by atoms with Crippen molar-refractivity contribution >= 4 is 34.9 Å². The zero-order chi connectivity index (χ0) is 19.3. The van der Waals surface area contributed by atoms with Crippen LogP contribution in [-0.4, -0.2) is 45.5 Å². The van der Waals surface area contributed by atoms with Gasteiger partial charge in [0.15, 0.2) is 10.8 Å². The predicted octanol–water partition coefficient (Wildman–Crippen LogP) is 3.42. The molecule has 144 valence electrons. The average molecular weight is 411 g/mol. The number of hydrogen-bond acceptors (Lipinski definition) is 5. The Balaban J connectivity index is 2.08. The van der Waals surface area contributed by atoms with Gasteiger partial charge in [-0.2, -0.15) is 13.2 Å². The van der Waals surface area contributed by atoms with Crippen molar-refractivity contribution in [1.29, 1.82) is 0 Å². The lowest BCUT2D eigenvalue weighted by molar-refractivity contribution is -0.137. The molecule has 2 rings (SSSR count). The lowest BCUT2D eigenvalue weighted by Crippen LogP contribution is -2.32. The van der Waals surface area contributed by atoms with Gasteiger partial charge in [0.1, 0.15) is 0 Å². The molecule has 11 heteroatoms. The molecule has 0 saturated heterocycles. The van der Waals surface area contributed by atoms with Crippen LogP contribution >= 0.6 is 23.4 Å². The second-order valence-corrected chi connectivity index (χ2v) is 7.07. The fourth-order valence-corrected chi connectivity index (χ4v) is 3.15. The van der Waals surface area contributed by atoms with Crippen molar-refractivity contribution in [1.82, 2.24) is 19.9 Å². The number of aromatic nitrogens is 3. The van der Waals surface area contributed by atoms with Crippen LogP contribution in [0.4, 0.5) is 13.2 Å². The minimum absolute atomic E-state index is 0.103. The van der Waals surface area contributed by atoms with Crippen molar-refractivity contribution in [3.05, 3.63) is 22.8 Å². The highest BCUT2D eigenvalue weighted by molar-refractivity contribution is 8.00. The summed E-state index contributed by atoms with van der Waals surface area (Å²) in [5.41, 5.74) is -0.809. The van der Waals surface area contributed by atoms with Gasteiger partial charge in [-0.3, -0.25) is 9.20 Å². The molecule has 6 nitrogen and oxygen atoms in total. The molecule has 0 fully saturated rings. The monoisotopic (exact) mass is 410 g/mol. The zero-order valence-corrected chi connectivity index (χ0v) is 15.7. The molecule has 0 aliphatic rings. The van der Waals surface area contributed by atoms with Crippen LogP contribution in [0.5, 0.6) is 0 Å². The van der Waals surface area contributed by atoms with Crippen LogP contribution in [0, 0.1) is 0 Å². The fraction of sp³-hybridized carbons (Fsp3) is 0.533. The maximum Gasteiger partial charge on any atom is 0.417 e. The van der Waals surface area contributed by atoms with E-state index in [-0.39, 0.29) is 21.7 Å². The van der Waals surface area contributed by atoms with Crippen molar-refractivity contribution in [2.24, 2.45) is 0 Å². The summed E-state index contributed by atoms with van der Waals surface area (Å²) in [7, 11) is 0. The summed E-state index contributed by atoms with van der Waals surface area (Å²) >= 11 is 6.87. The Hall–Kier alpha value is -1.52. The van der Waals surface area contributed by atoms with E-state index in [1.807, 2.05) is 6.92 Å². The van der Waals surface area contributed by atoms with Crippen LogP contribution < -0.4 is 5.32 Å². The summed E-state index contributed by atoms with van der Waals surface area (Å²) in [6, 6.07) is 0.800. The van der Waals surface area contributed by atoms with E-state index >= 15 is 0 Å². The van der Waals surface area contributed by atoms with Crippen molar-refractivity contribution in [2.75, 3.05) is 19.8 Å². The van der Waals surface area contributed by atoms with Crippen molar-refractivity contribution in [3.8, 4) is 0 Å². The van der Waals surface area contributed by atoms with Gasteiger partial charge in [0.25, 0.3) is 0 Å².